The molecule has 9 nitrogen and oxygen atoms in total. The fourth-order valence-electron chi connectivity index (χ4n) is 3.50. The maximum absolute atomic E-state index is 12.3. The Bertz CT molecular complexity index is 769. The molecule has 1 unspecified atom stereocenters. The van der Waals surface area contributed by atoms with Gasteiger partial charge in [0.15, 0.2) is 0 Å². The van der Waals surface area contributed by atoms with Gasteiger partial charge in [0.05, 0.1) is 31.9 Å². The fraction of sp³-hybridized carbons (Fsp3) is 0.714. The number of likely N-dealkylation sites (N-methyl/N-ethyl adjacent to an activating group) is 1. The summed E-state index contributed by atoms with van der Waals surface area (Å²) >= 11 is 1.14. The first-order chi connectivity index (χ1) is 14.8. The smallest absolute Gasteiger partial charge is 0.327 e. The first-order valence-corrected chi connectivity index (χ1v) is 11.7. The van der Waals surface area contributed by atoms with E-state index in [4.69, 9.17) is 20.3 Å². The summed E-state index contributed by atoms with van der Waals surface area (Å²) in [7, 11) is 2.03. The van der Waals surface area contributed by atoms with Gasteiger partial charge in [-0.2, -0.15) is 4.37 Å². The van der Waals surface area contributed by atoms with Crippen LogP contribution in [0.25, 0.3) is 5.57 Å². The summed E-state index contributed by atoms with van der Waals surface area (Å²) < 4.78 is 20.8. The van der Waals surface area contributed by atoms with Crippen LogP contribution in [0.15, 0.2) is 6.08 Å². The van der Waals surface area contributed by atoms with E-state index >= 15 is 0 Å². The molecule has 0 saturated heterocycles. The number of aromatic nitrogens is 2. The molecule has 0 amide bonds. The van der Waals surface area contributed by atoms with Crippen LogP contribution < -0.4 is 10.5 Å². The number of carbonyl (C=O) groups is 2. The molecule has 31 heavy (non-hydrogen) atoms. The lowest BCUT2D eigenvalue weighted by Crippen LogP contribution is -2.56. The number of carboxylic acids is 1. The standard InChI is InChI=1S/C21H34N4O5S/c1-4-5-6-7-13-29-20-19(23-31-24-20)16-9-8-12-25(3,14-16)15(2)30-21(28)17(22)10-11-18(26)27/h9,15,17H,4-8,10-14,22H2,1-3H3/p+1/t15-,17-,25?/m0/s1. The summed E-state index contributed by atoms with van der Waals surface area (Å²) in [5.41, 5.74) is 7.59. The van der Waals surface area contributed by atoms with Crippen LogP contribution in [0.2, 0.25) is 0 Å². The van der Waals surface area contributed by atoms with Gasteiger partial charge >= 0.3 is 11.9 Å². The highest BCUT2D eigenvalue weighted by Gasteiger charge is 2.37. The molecule has 3 atom stereocenters. The largest absolute Gasteiger partial charge is 0.481 e. The van der Waals surface area contributed by atoms with Gasteiger partial charge in [0.1, 0.15) is 18.3 Å². The quantitative estimate of drug-likeness (QED) is 0.264. The third-order valence-corrected chi connectivity index (χ3v) is 6.21. The highest BCUT2D eigenvalue weighted by atomic mass is 32.1. The summed E-state index contributed by atoms with van der Waals surface area (Å²) in [6, 6.07) is -0.944. The zero-order valence-electron chi connectivity index (χ0n) is 18.7. The van der Waals surface area contributed by atoms with Gasteiger partial charge in [-0.3, -0.25) is 14.1 Å². The highest BCUT2D eigenvalue weighted by molar-refractivity contribution is 6.99. The lowest BCUT2D eigenvalue weighted by Gasteiger charge is -2.41. The van der Waals surface area contributed by atoms with E-state index in [0.29, 0.717) is 23.5 Å². The SMILES string of the molecule is CCCCCCOc1nsnc1C1=CCC[N+](C)([C@H](C)OC(=O)[C@@H](N)CCC(=O)O)C1. The summed E-state index contributed by atoms with van der Waals surface area (Å²) in [6.45, 7) is 6.06. The van der Waals surface area contributed by atoms with Crippen molar-refractivity contribution >= 4 is 29.2 Å². The van der Waals surface area contributed by atoms with E-state index in [9.17, 15) is 9.59 Å². The Balaban J connectivity index is 1.96. The minimum absolute atomic E-state index is 0.0548. The van der Waals surface area contributed by atoms with Gasteiger partial charge in [-0.25, -0.2) is 0 Å². The Morgan fingerprint density at radius 1 is 1.32 bits per heavy atom. The van der Waals surface area contributed by atoms with E-state index in [0.717, 1.165) is 48.8 Å². The number of rotatable bonds is 13. The third kappa shape index (κ3) is 7.55. The van der Waals surface area contributed by atoms with Crippen molar-refractivity contribution in [2.75, 3.05) is 26.7 Å². The molecule has 0 fully saturated rings. The van der Waals surface area contributed by atoms with Crippen molar-refractivity contribution in [3.8, 4) is 5.88 Å². The summed E-state index contributed by atoms with van der Waals surface area (Å²) in [5, 5.41) is 8.77. The van der Waals surface area contributed by atoms with Crippen LogP contribution in [0.3, 0.4) is 0 Å². The maximum atomic E-state index is 12.3. The molecule has 174 valence electrons. The average Bonchev–Trinajstić information content (AvgIpc) is 3.20. The van der Waals surface area contributed by atoms with Crippen molar-refractivity contribution in [1.29, 1.82) is 0 Å². The molecular weight excluding hydrogens is 420 g/mol. The fourth-order valence-corrected chi connectivity index (χ4v) is 4.03. The van der Waals surface area contributed by atoms with E-state index in [-0.39, 0.29) is 12.8 Å². The number of carbonyl (C=O) groups excluding carboxylic acids is 1. The number of unbranched alkanes of at least 4 members (excludes halogenated alkanes) is 3. The number of carboxylic acid groups (broad SMARTS) is 1. The van der Waals surface area contributed by atoms with Crippen molar-refractivity contribution in [1.82, 2.24) is 8.75 Å². The Hall–Kier alpha value is -2.04. The second kappa shape index (κ2) is 12.1. The van der Waals surface area contributed by atoms with E-state index in [2.05, 4.69) is 21.7 Å². The van der Waals surface area contributed by atoms with Crippen LogP contribution in [0.5, 0.6) is 5.88 Å². The van der Waals surface area contributed by atoms with Crippen molar-refractivity contribution in [3.05, 3.63) is 11.8 Å². The molecule has 2 heterocycles. The number of esters is 1. The van der Waals surface area contributed by atoms with Crippen LogP contribution in [0, 0.1) is 0 Å². The van der Waals surface area contributed by atoms with Crippen LogP contribution in [0.1, 0.15) is 64.5 Å². The molecular formula is C21H35N4O5S+. The van der Waals surface area contributed by atoms with Crippen molar-refractivity contribution in [3.63, 3.8) is 0 Å². The van der Waals surface area contributed by atoms with E-state index in [1.807, 2.05) is 14.0 Å². The van der Waals surface area contributed by atoms with Gasteiger partial charge in [0, 0.05) is 25.3 Å². The third-order valence-electron chi connectivity index (χ3n) is 5.70. The molecule has 0 aromatic carbocycles. The highest BCUT2D eigenvalue weighted by Crippen LogP contribution is 2.31. The molecule has 2 rings (SSSR count). The van der Waals surface area contributed by atoms with Gasteiger partial charge in [0.25, 0.3) is 5.88 Å². The molecule has 1 aromatic rings. The molecule has 3 N–H and O–H groups in total. The molecule has 0 spiro atoms. The number of nitrogens with zero attached hydrogens (tertiary/aromatic N) is 3. The Labute approximate surface area is 188 Å². The molecule has 0 radical (unpaired) electrons. The minimum atomic E-state index is -0.985. The van der Waals surface area contributed by atoms with E-state index in [1.165, 1.54) is 12.8 Å². The average molecular weight is 456 g/mol. The van der Waals surface area contributed by atoms with Crippen LogP contribution >= 0.6 is 11.7 Å². The predicted molar refractivity (Wildman–Crippen MR) is 118 cm³/mol. The number of hydrogen-bond donors (Lipinski definition) is 2. The monoisotopic (exact) mass is 455 g/mol. The zero-order chi connectivity index (χ0) is 22.9. The zero-order valence-corrected chi connectivity index (χ0v) is 19.5. The number of hydrogen-bond acceptors (Lipinski definition) is 8. The normalized spacial score (nSPS) is 20.6. The molecule has 0 aliphatic carbocycles. The Morgan fingerprint density at radius 2 is 2.10 bits per heavy atom. The molecule has 1 aliphatic heterocycles. The van der Waals surface area contributed by atoms with Gasteiger partial charge in [0.2, 0.25) is 6.23 Å². The van der Waals surface area contributed by atoms with E-state index < -0.39 is 24.2 Å². The van der Waals surface area contributed by atoms with Crippen molar-refractivity contribution in [2.45, 2.75) is 71.1 Å². The van der Waals surface area contributed by atoms with Crippen LogP contribution in [-0.4, -0.2) is 69.3 Å². The summed E-state index contributed by atoms with van der Waals surface area (Å²) in [4.78, 5) is 23.0. The van der Waals surface area contributed by atoms with Gasteiger partial charge in [-0.05, 0) is 12.8 Å². The van der Waals surface area contributed by atoms with Gasteiger partial charge in [-0.15, -0.1) is 4.37 Å². The first kappa shape index (κ1) is 25.2. The summed E-state index contributed by atoms with van der Waals surface area (Å²) in [6.07, 6.45) is 6.92. The topological polar surface area (TPSA) is 125 Å². The Morgan fingerprint density at radius 3 is 2.81 bits per heavy atom. The van der Waals surface area contributed by atoms with Crippen molar-refractivity contribution in [2.24, 2.45) is 5.73 Å². The van der Waals surface area contributed by atoms with Gasteiger partial charge in [-0.1, -0.05) is 32.3 Å². The summed E-state index contributed by atoms with van der Waals surface area (Å²) in [5.74, 6) is -0.987. The lowest BCUT2D eigenvalue weighted by molar-refractivity contribution is -0.944. The van der Waals surface area contributed by atoms with Gasteiger partial charge < -0.3 is 20.3 Å². The maximum Gasteiger partial charge on any atom is 0.327 e. The molecule has 1 aromatic heterocycles. The Kier molecular flexibility index (Phi) is 9.86. The number of nitrogens with two attached hydrogens (primary N) is 1. The first-order valence-electron chi connectivity index (χ1n) is 10.9. The van der Waals surface area contributed by atoms with Crippen LogP contribution in [-0.2, 0) is 14.3 Å². The lowest BCUT2D eigenvalue weighted by atomic mass is 10.0. The molecule has 10 heteroatoms. The minimum Gasteiger partial charge on any atom is -0.481 e. The van der Waals surface area contributed by atoms with Crippen molar-refractivity contribution < 1.29 is 28.7 Å². The van der Waals surface area contributed by atoms with Crippen LogP contribution in [0.4, 0.5) is 0 Å². The van der Waals surface area contributed by atoms with E-state index in [1.54, 1.807) is 0 Å². The number of aliphatic carboxylic acids is 1. The number of quaternary nitrogens is 1. The second-order valence-electron chi connectivity index (χ2n) is 8.28. The molecule has 0 bridgehead atoms. The number of ether oxygens (including phenoxy) is 2. The molecule has 1 aliphatic rings. The second-order valence-corrected chi connectivity index (χ2v) is 8.81. The predicted octanol–water partition coefficient (Wildman–Crippen LogP) is 2.81. The molecule has 0 saturated carbocycles.